The number of hydrogen-bond donors (Lipinski definition) is 2. The number of hydrogen-bond acceptors (Lipinski definition) is 4. The van der Waals surface area contributed by atoms with E-state index < -0.39 is 0 Å². The third kappa shape index (κ3) is 1.77. The average Bonchev–Trinajstić information content (AvgIpc) is 2.30. The number of amidine groups is 1. The molecule has 76 valence electrons. The summed E-state index contributed by atoms with van der Waals surface area (Å²) in [6, 6.07) is 7.65. The molecule has 2 aromatic rings. The molecular formula is C10H11N5. The van der Waals surface area contributed by atoms with Crippen molar-refractivity contribution in [2.45, 2.75) is 0 Å². The Morgan fingerprint density at radius 3 is 2.73 bits per heavy atom. The molecule has 2 rings (SSSR count). The number of aliphatic imine (C=N–C) groups is 1. The molecule has 1 aromatic carbocycles. The van der Waals surface area contributed by atoms with Crippen molar-refractivity contribution in [1.29, 1.82) is 0 Å². The van der Waals surface area contributed by atoms with Gasteiger partial charge in [-0.1, -0.05) is 12.1 Å². The Kier molecular flexibility index (Phi) is 2.55. The highest BCUT2D eigenvalue weighted by Crippen LogP contribution is 2.08. The minimum Gasteiger partial charge on any atom is -0.307 e. The van der Waals surface area contributed by atoms with E-state index in [4.69, 9.17) is 5.84 Å². The van der Waals surface area contributed by atoms with E-state index >= 15 is 0 Å². The van der Waals surface area contributed by atoms with Crippen molar-refractivity contribution in [1.82, 2.24) is 15.4 Å². The van der Waals surface area contributed by atoms with Crippen molar-refractivity contribution in [3.8, 4) is 0 Å². The van der Waals surface area contributed by atoms with E-state index in [9.17, 15) is 0 Å². The van der Waals surface area contributed by atoms with Crippen molar-refractivity contribution in [2.24, 2.45) is 10.8 Å². The van der Waals surface area contributed by atoms with Gasteiger partial charge in [-0.25, -0.2) is 10.8 Å². The van der Waals surface area contributed by atoms with Gasteiger partial charge >= 0.3 is 0 Å². The van der Waals surface area contributed by atoms with Crippen LogP contribution in [0.5, 0.6) is 0 Å². The lowest BCUT2D eigenvalue weighted by Crippen LogP contribution is -2.31. The molecule has 0 aliphatic rings. The molecule has 0 aliphatic heterocycles. The Balaban J connectivity index is 2.56. The summed E-state index contributed by atoms with van der Waals surface area (Å²) in [6.07, 6.45) is 1.64. The summed E-state index contributed by atoms with van der Waals surface area (Å²) < 4.78 is 0. The molecule has 1 heterocycles. The first kappa shape index (κ1) is 9.54. The van der Waals surface area contributed by atoms with Gasteiger partial charge in [-0.2, -0.15) is 0 Å². The molecule has 5 heteroatoms. The molecule has 0 aliphatic carbocycles. The second-order valence-corrected chi connectivity index (χ2v) is 2.96. The number of nitrogens with one attached hydrogen (secondary N) is 1. The van der Waals surface area contributed by atoms with Crippen molar-refractivity contribution in [2.75, 3.05) is 7.05 Å². The number of para-hydroxylation sites is 2. The number of fused-ring (bicyclic) bond motifs is 1. The van der Waals surface area contributed by atoms with Crippen LogP contribution in [0, 0.1) is 0 Å². The molecule has 15 heavy (non-hydrogen) atoms. The highest BCUT2D eigenvalue weighted by molar-refractivity contribution is 5.97. The zero-order chi connectivity index (χ0) is 10.7. The molecule has 0 spiro atoms. The number of rotatable bonds is 1. The molecule has 0 fully saturated rings. The molecule has 0 amide bonds. The van der Waals surface area contributed by atoms with Crippen LogP contribution >= 0.6 is 0 Å². The van der Waals surface area contributed by atoms with Gasteiger partial charge in [-0.15, -0.1) is 0 Å². The number of hydrazine groups is 1. The largest absolute Gasteiger partial charge is 0.307 e. The fourth-order valence-corrected chi connectivity index (χ4v) is 1.32. The van der Waals surface area contributed by atoms with Gasteiger partial charge in [0.1, 0.15) is 5.69 Å². The quantitative estimate of drug-likeness (QED) is 0.304. The Morgan fingerprint density at radius 2 is 2.07 bits per heavy atom. The molecule has 3 N–H and O–H groups in total. The fraction of sp³-hybridized carbons (Fsp3) is 0.100. The zero-order valence-electron chi connectivity index (χ0n) is 8.31. The number of nitrogens with two attached hydrogens (primary N) is 1. The van der Waals surface area contributed by atoms with E-state index in [0.717, 1.165) is 11.0 Å². The van der Waals surface area contributed by atoms with Crippen molar-refractivity contribution >= 4 is 16.9 Å². The standard InChI is InChI=1S/C10H11N5/c1-12-10(15-11)9-6-13-7-4-2-3-5-8(7)14-9/h2-6H,11H2,1H3,(H,12,15). The Hall–Kier alpha value is -2.01. The van der Waals surface area contributed by atoms with Crippen LogP contribution in [0.3, 0.4) is 0 Å². The molecule has 0 radical (unpaired) electrons. The van der Waals surface area contributed by atoms with Crippen LogP contribution in [0.1, 0.15) is 5.69 Å². The van der Waals surface area contributed by atoms with E-state index in [1.54, 1.807) is 13.2 Å². The van der Waals surface area contributed by atoms with Crippen molar-refractivity contribution in [3.05, 3.63) is 36.2 Å². The first-order valence-corrected chi connectivity index (χ1v) is 4.50. The predicted molar refractivity (Wildman–Crippen MR) is 59.3 cm³/mol. The van der Waals surface area contributed by atoms with Crippen molar-refractivity contribution < 1.29 is 0 Å². The number of aromatic nitrogens is 2. The third-order valence-corrected chi connectivity index (χ3v) is 2.05. The lowest BCUT2D eigenvalue weighted by Gasteiger charge is -2.04. The SMILES string of the molecule is CN=C(NN)c1cnc2ccccc2n1. The first-order valence-electron chi connectivity index (χ1n) is 4.50. The molecule has 1 aromatic heterocycles. The molecule has 0 unspecified atom stereocenters. The molecule has 0 saturated carbocycles. The van der Waals surface area contributed by atoms with Crippen LogP contribution in [0.4, 0.5) is 0 Å². The summed E-state index contributed by atoms with van der Waals surface area (Å²) in [5.41, 5.74) is 4.80. The van der Waals surface area contributed by atoms with Crippen molar-refractivity contribution in [3.63, 3.8) is 0 Å². The zero-order valence-corrected chi connectivity index (χ0v) is 8.31. The maximum Gasteiger partial charge on any atom is 0.162 e. The Labute approximate surface area is 87.0 Å². The lowest BCUT2D eigenvalue weighted by atomic mass is 10.3. The van der Waals surface area contributed by atoms with Gasteiger partial charge < -0.3 is 5.43 Å². The van der Waals surface area contributed by atoms with Gasteiger partial charge in [0.15, 0.2) is 5.84 Å². The van der Waals surface area contributed by atoms with Crippen LogP contribution in [-0.4, -0.2) is 22.9 Å². The van der Waals surface area contributed by atoms with Crippen LogP contribution in [-0.2, 0) is 0 Å². The predicted octanol–water partition coefficient (Wildman–Crippen LogP) is 0.470. The monoisotopic (exact) mass is 201 g/mol. The van der Waals surface area contributed by atoms with Gasteiger partial charge in [-0.3, -0.25) is 9.98 Å². The molecular weight excluding hydrogens is 190 g/mol. The van der Waals surface area contributed by atoms with Gasteiger partial charge in [-0.05, 0) is 12.1 Å². The van der Waals surface area contributed by atoms with Crippen LogP contribution in [0.15, 0.2) is 35.5 Å². The fourth-order valence-electron chi connectivity index (χ4n) is 1.32. The third-order valence-electron chi connectivity index (χ3n) is 2.05. The maximum absolute atomic E-state index is 5.31. The number of benzene rings is 1. The Morgan fingerprint density at radius 1 is 1.33 bits per heavy atom. The van der Waals surface area contributed by atoms with E-state index in [2.05, 4.69) is 20.4 Å². The maximum atomic E-state index is 5.31. The van der Waals surface area contributed by atoms with E-state index in [1.165, 1.54) is 0 Å². The topological polar surface area (TPSA) is 76.2 Å². The highest BCUT2D eigenvalue weighted by atomic mass is 15.3. The average molecular weight is 201 g/mol. The minimum absolute atomic E-state index is 0.522. The lowest BCUT2D eigenvalue weighted by molar-refractivity contribution is 1.00. The summed E-state index contributed by atoms with van der Waals surface area (Å²) in [5.74, 6) is 5.83. The van der Waals surface area contributed by atoms with Gasteiger partial charge in [0.2, 0.25) is 0 Å². The van der Waals surface area contributed by atoms with Gasteiger partial charge in [0.25, 0.3) is 0 Å². The van der Waals surface area contributed by atoms with E-state index in [0.29, 0.717) is 11.5 Å². The van der Waals surface area contributed by atoms with E-state index in [-0.39, 0.29) is 0 Å². The summed E-state index contributed by atoms with van der Waals surface area (Å²) in [5, 5.41) is 0. The second-order valence-electron chi connectivity index (χ2n) is 2.96. The molecule has 0 saturated heterocycles. The van der Waals surface area contributed by atoms with Crippen LogP contribution in [0.2, 0.25) is 0 Å². The second kappa shape index (κ2) is 4.02. The molecule has 0 atom stereocenters. The minimum atomic E-state index is 0.522. The summed E-state index contributed by atoms with van der Waals surface area (Å²) >= 11 is 0. The normalized spacial score (nSPS) is 11.7. The summed E-state index contributed by atoms with van der Waals surface area (Å²) in [7, 11) is 1.64. The summed E-state index contributed by atoms with van der Waals surface area (Å²) in [6.45, 7) is 0. The van der Waals surface area contributed by atoms with Gasteiger partial charge in [0, 0.05) is 7.05 Å². The molecule has 5 nitrogen and oxygen atoms in total. The smallest absolute Gasteiger partial charge is 0.162 e. The van der Waals surface area contributed by atoms with Gasteiger partial charge in [0.05, 0.1) is 17.2 Å². The van der Waals surface area contributed by atoms with E-state index in [1.807, 2.05) is 24.3 Å². The molecule has 0 bridgehead atoms. The Bertz CT molecular complexity index is 506. The van der Waals surface area contributed by atoms with Crippen LogP contribution < -0.4 is 11.3 Å². The van der Waals surface area contributed by atoms with Crippen LogP contribution in [0.25, 0.3) is 11.0 Å². The highest BCUT2D eigenvalue weighted by Gasteiger charge is 2.03. The first-order chi connectivity index (χ1) is 7.35. The summed E-state index contributed by atoms with van der Waals surface area (Å²) in [4.78, 5) is 12.6. The number of nitrogens with zero attached hydrogens (tertiary/aromatic N) is 3.